The smallest absolute Gasteiger partial charge is 0.310 e. The van der Waals surface area contributed by atoms with Crippen LogP contribution in [0.4, 0.5) is 0 Å². The van der Waals surface area contributed by atoms with Crippen LogP contribution in [-0.4, -0.2) is 28.7 Å². The molecule has 1 amide bonds. The van der Waals surface area contributed by atoms with Gasteiger partial charge in [-0.3, -0.25) is 4.79 Å². The number of nitrogens with zero attached hydrogens (tertiary/aromatic N) is 3. The van der Waals surface area contributed by atoms with Gasteiger partial charge in [-0.15, -0.1) is 0 Å². The number of para-hydroxylation sites is 1. The van der Waals surface area contributed by atoms with Gasteiger partial charge in [0.1, 0.15) is 16.4 Å². The van der Waals surface area contributed by atoms with Crippen LogP contribution in [0.5, 0.6) is 5.75 Å². The lowest BCUT2D eigenvalue weighted by Gasteiger charge is -2.22. The highest BCUT2D eigenvalue weighted by atomic mass is 35.5. The maximum Gasteiger partial charge on any atom is 0.310 e. The zero-order valence-electron chi connectivity index (χ0n) is 17.6. The molecule has 2 aromatic carbocycles. The topological polar surface area (TPSA) is 67.9 Å². The number of ether oxygens (including phenoxy) is 1. The molecule has 7 heteroatoms. The summed E-state index contributed by atoms with van der Waals surface area (Å²) in [6.45, 7) is 2.03. The molecular formula is C25H20ClN3O3. The third-order valence-electron chi connectivity index (χ3n) is 5.60. The number of rotatable bonds is 4. The van der Waals surface area contributed by atoms with Crippen LogP contribution in [0, 0.1) is 6.92 Å². The van der Waals surface area contributed by atoms with E-state index in [0.29, 0.717) is 22.8 Å². The van der Waals surface area contributed by atoms with Crippen LogP contribution in [-0.2, 0) is 0 Å². The van der Waals surface area contributed by atoms with E-state index in [0.717, 1.165) is 27.8 Å². The van der Waals surface area contributed by atoms with Gasteiger partial charge in [0, 0.05) is 17.4 Å². The highest BCUT2D eigenvalue weighted by Gasteiger charge is 2.36. The number of benzene rings is 2. The standard InChI is InChI=1S/C25H20ClN3O3/c1-15-8-10-16(11-9-15)19-14-20(29(28-19)25(30)22-7-4-12-32-22)18-13-17-5-3-6-21(31-2)23(17)27-24(18)26/h3-13,20H,14H2,1-2H3/t20-/m0/s1. The molecule has 160 valence electrons. The summed E-state index contributed by atoms with van der Waals surface area (Å²) in [4.78, 5) is 17.8. The van der Waals surface area contributed by atoms with E-state index in [9.17, 15) is 4.79 Å². The van der Waals surface area contributed by atoms with Crippen molar-refractivity contribution >= 4 is 34.1 Å². The van der Waals surface area contributed by atoms with Gasteiger partial charge in [0.15, 0.2) is 5.76 Å². The number of methoxy groups -OCH3 is 1. The second-order valence-corrected chi connectivity index (χ2v) is 8.02. The van der Waals surface area contributed by atoms with Crippen molar-refractivity contribution in [2.24, 2.45) is 5.10 Å². The van der Waals surface area contributed by atoms with Crippen molar-refractivity contribution in [2.75, 3.05) is 7.11 Å². The third kappa shape index (κ3) is 3.52. The Hall–Kier alpha value is -3.64. The summed E-state index contributed by atoms with van der Waals surface area (Å²) in [7, 11) is 1.60. The Bertz CT molecular complexity index is 1330. The van der Waals surface area contributed by atoms with Gasteiger partial charge in [0.2, 0.25) is 0 Å². The number of carbonyl (C=O) groups excluding carboxylic acids is 1. The van der Waals surface area contributed by atoms with E-state index in [1.54, 1.807) is 19.2 Å². The number of furan rings is 1. The van der Waals surface area contributed by atoms with Crippen molar-refractivity contribution in [1.29, 1.82) is 0 Å². The maximum absolute atomic E-state index is 13.2. The number of hydrogen-bond acceptors (Lipinski definition) is 5. The van der Waals surface area contributed by atoms with Crippen molar-refractivity contribution in [1.82, 2.24) is 9.99 Å². The van der Waals surface area contributed by atoms with Crippen LogP contribution in [0.1, 0.15) is 39.7 Å². The second-order valence-electron chi connectivity index (χ2n) is 7.66. The summed E-state index contributed by atoms with van der Waals surface area (Å²) >= 11 is 6.64. The zero-order valence-corrected chi connectivity index (χ0v) is 18.3. The summed E-state index contributed by atoms with van der Waals surface area (Å²) in [5, 5.41) is 7.32. The number of aryl methyl sites for hydroxylation is 1. The van der Waals surface area contributed by atoms with E-state index < -0.39 is 6.04 Å². The number of carbonyl (C=O) groups is 1. The maximum atomic E-state index is 13.2. The predicted molar refractivity (Wildman–Crippen MR) is 123 cm³/mol. The van der Waals surface area contributed by atoms with Crippen molar-refractivity contribution in [3.8, 4) is 5.75 Å². The van der Waals surface area contributed by atoms with E-state index in [4.69, 9.17) is 20.8 Å². The number of hydrogen-bond donors (Lipinski definition) is 0. The Morgan fingerprint density at radius 2 is 1.97 bits per heavy atom. The van der Waals surface area contributed by atoms with E-state index in [1.165, 1.54) is 11.3 Å². The first-order valence-electron chi connectivity index (χ1n) is 10.2. The number of fused-ring (bicyclic) bond motifs is 1. The number of halogens is 1. The first-order valence-corrected chi connectivity index (χ1v) is 10.6. The molecule has 0 unspecified atom stereocenters. The lowest BCUT2D eigenvalue weighted by Crippen LogP contribution is -2.27. The van der Waals surface area contributed by atoms with E-state index in [-0.39, 0.29) is 11.7 Å². The zero-order chi connectivity index (χ0) is 22.2. The number of aromatic nitrogens is 1. The molecule has 1 atom stereocenters. The van der Waals surface area contributed by atoms with Crippen molar-refractivity contribution in [3.63, 3.8) is 0 Å². The Balaban J connectivity index is 1.60. The highest BCUT2D eigenvalue weighted by molar-refractivity contribution is 6.30. The van der Waals surface area contributed by atoms with Gasteiger partial charge in [0.25, 0.3) is 0 Å². The van der Waals surface area contributed by atoms with Crippen LogP contribution >= 0.6 is 11.6 Å². The molecule has 0 saturated carbocycles. The van der Waals surface area contributed by atoms with E-state index >= 15 is 0 Å². The molecule has 2 aromatic heterocycles. The van der Waals surface area contributed by atoms with Gasteiger partial charge in [0.05, 0.1) is 25.1 Å². The molecule has 1 aliphatic rings. The molecular weight excluding hydrogens is 426 g/mol. The average Bonchev–Trinajstić information content (AvgIpc) is 3.49. The molecule has 0 N–H and O–H groups in total. The molecule has 0 fully saturated rings. The molecule has 0 saturated heterocycles. The van der Waals surface area contributed by atoms with Gasteiger partial charge in [-0.1, -0.05) is 53.6 Å². The summed E-state index contributed by atoms with van der Waals surface area (Å²) in [6.07, 6.45) is 1.98. The lowest BCUT2D eigenvalue weighted by molar-refractivity contribution is 0.0678. The van der Waals surface area contributed by atoms with Crippen molar-refractivity contribution in [3.05, 3.63) is 94.5 Å². The molecule has 5 rings (SSSR count). The van der Waals surface area contributed by atoms with Gasteiger partial charge in [-0.05, 0) is 36.8 Å². The van der Waals surface area contributed by atoms with Gasteiger partial charge < -0.3 is 9.15 Å². The summed E-state index contributed by atoms with van der Waals surface area (Å²) in [5.74, 6) is 0.529. The fraction of sp³-hybridized carbons (Fsp3) is 0.160. The van der Waals surface area contributed by atoms with Gasteiger partial charge in [-0.2, -0.15) is 5.10 Å². The fourth-order valence-corrected chi connectivity index (χ4v) is 4.20. The number of amides is 1. The van der Waals surface area contributed by atoms with E-state index in [2.05, 4.69) is 10.1 Å². The minimum Gasteiger partial charge on any atom is -0.494 e. The van der Waals surface area contributed by atoms with Crippen LogP contribution in [0.15, 0.2) is 76.4 Å². The molecule has 0 radical (unpaired) electrons. The van der Waals surface area contributed by atoms with Crippen LogP contribution in [0.3, 0.4) is 0 Å². The van der Waals surface area contributed by atoms with Gasteiger partial charge >= 0.3 is 5.91 Å². The SMILES string of the molecule is COc1cccc2cc([C@@H]3CC(c4ccc(C)cc4)=NN3C(=O)c3ccco3)c(Cl)nc12. The highest BCUT2D eigenvalue weighted by Crippen LogP contribution is 2.39. The normalized spacial score (nSPS) is 15.8. The summed E-state index contributed by atoms with van der Waals surface area (Å²) < 4.78 is 10.8. The molecule has 4 aromatic rings. The summed E-state index contributed by atoms with van der Waals surface area (Å²) in [5.41, 5.74) is 4.31. The molecule has 6 nitrogen and oxygen atoms in total. The predicted octanol–water partition coefficient (Wildman–Crippen LogP) is 5.79. The number of pyridine rings is 1. The average molecular weight is 446 g/mol. The molecule has 1 aliphatic heterocycles. The molecule has 0 bridgehead atoms. The number of hydrazone groups is 1. The first kappa shape index (κ1) is 20.3. The lowest BCUT2D eigenvalue weighted by atomic mass is 9.97. The molecule has 0 spiro atoms. The van der Waals surface area contributed by atoms with Crippen LogP contribution in [0.2, 0.25) is 5.15 Å². The first-order chi connectivity index (χ1) is 15.5. The van der Waals surface area contributed by atoms with Crippen molar-refractivity contribution < 1.29 is 13.9 Å². The third-order valence-corrected chi connectivity index (χ3v) is 5.91. The van der Waals surface area contributed by atoms with Gasteiger partial charge in [-0.25, -0.2) is 9.99 Å². The largest absolute Gasteiger partial charge is 0.494 e. The molecule has 32 heavy (non-hydrogen) atoms. The second kappa shape index (κ2) is 8.13. The Kier molecular flexibility index (Phi) is 5.15. The minimum atomic E-state index is -0.417. The Morgan fingerprint density at radius 1 is 1.16 bits per heavy atom. The minimum absolute atomic E-state index is 0.218. The molecule has 0 aliphatic carbocycles. The summed E-state index contributed by atoms with van der Waals surface area (Å²) in [6, 6.07) is 18.6. The quantitative estimate of drug-likeness (QED) is 0.373. The monoisotopic (exact) mass is 445 g/mol. The van der Waals surface area contributed by atoms with E-state index in [1.807, 2.05) is 55.5 Å². The molecule has 3 heterocycles. The van der Waals surface area contributed by atoms with Crippen molar-refractivity contribution in [2.45, 2.75) is 19.4 Å². The Morgan fingerprint density at radius 3 is 2.69 bits per heavy atom. The fourth-order valence-electron chi connectivity index (χ4n) is 3.94. The van der Waals surface area contributed by atoms with Crippen LogP contribution < -0.4 is 4.74 Å². The Labute approximate surface area is 190 Å². The van der Waals surface area contributed by atoms with Crippen LogP contribution in [0.25, 0.3) is 10.9 Å².